The Kier molecular flexibility index (Phi) is 5.11. The zero-order valence-corrected chi connectivity index (χ0v) is 15.1. The molecule has 7 heteroatoms. The molecule has 0 amide bonds. The van der Waals surface area contributed by atoms with Gasteiger partial charge < -0.3 is 9.72 Å². The Morgan fingerprint density at radius 2 is 2.04 bits per heavy atom. The van der Waals surface area contributed by atoms with Crippen molar-refractivity contribution in [1.82, 2.24) is 9.97 Å². The number of fused-ring (bicyclic) bond motifs is 1. The molecule has 1 N–H and O–H groups in total. The minimum atomic E-state index is -0.723. The van der Waals surface area contributed by atoms with Gasteiger partial charge in [-0.2, -0.15) is 0 Å². The second kappa shape index (κ2) is 7.29. The van der Waals surface area contributed by atoms with Crippen LogP contribution in [0.2, 0.25) is 5.02 Å². The average molecular weight is 375 g/mol. The van der Waals surface area contributed by atoms with Crippen molar-refractivity contribution in [1.29, 1.82) is 0 Å². The van der Waals surface area contributed by atoms with Gasteiger partial charge >= 0.3 is 5.97 Å². The maximum atomic E-state index is 12.4. The van der Waals surface area contributed by atoms with E-state index in [2.05, 4.69) is 9.97 Å². The first kappa shape index (κ1) is 17.5. The average Bonchev–Trinajstić information content (AvgIpc) is 2.62. The number of ether oxygens (including phenoxy) is 1. The summed E-state index contributed by atoms with van der Waals surface area (Å²) in [4.78, 5) is 32.5. The zero-order chi connectivity index (χ0) is 18.0. The molecule has 0 spiro atoms. The van der Waals surface area contributed by atoms with E-state index in [1.807, 2.05) is 12.3 Å². The van der Waals surface area contributed by atoms with Crippen LogP contribution in [0.15, 0.2) is 52.2 Å². The number of nitrogens with one attached hydrogen (secondary N) is 1. The van der Waals surface area contributed by atoms with E-state index >= 15 is 0 Å². The second-order valence-corrected chi connectivity index (χ2v) is 6.65. The molecule has 0 aliphatic rings. The number of esters is 1. The Hall–Kier alpha value is -2.31. The number of hydrogen-bond donors (Lipinski definition) is 1. The van der Waals surface area contributed by atoms with Gasteiger partial charge in [0.1, 0.15) is 0 Å². The number of halogens is 1. The van der Waals surface area contributed by atoms with Gasteiger partial charge in [0.25, 0.3) is 5.56 Å². The molecule has 0 saturated carbocycles. The van der Waals surface area contributed by atoms with Crippen LogP contribution >= 0.6 is 23.4 Å². The highest BCUT2D eigenvalue weighted by atomic mass is 35.5. The molecule has 0 unspecified atom stereocenters. The number of hydrogen-bond acceptors (Lipinski definition) is 5. The van der Waals surface area contributed by atoms with Crippen molar-refractivity contribution in [2.45, 2.75) is 17.9 Å². The first-order valence-corrected chi connectivity index (χ1v) is 9.13. The molecular weight excluding hydrogens is 360 g/mol. The van der Waals surface area contributed by atoms with Gasteiger partial charge in [-0.25, -0.2) is 9.78 Å². The molecule has 0 aliphatic carbocycles. The highest BCUT2D eigenvalue weighted by molar-refractivity contribution is 7.98. The van der Waals surface area contributed by atoms with Crippen LogP contribution in [0.4, 0.5) is 0 Å². The first-order chi connectivity index (χ1) is 12.0. The predicted molar refractivity (Wildman–Crippen MR) is 99.4 cm³/mol. The molecule has 5 nitrogen and oxygen atoms in total. The van der Waals surface area contributed by atoms with E-state index in [4.69, 9.17) is 16.3 Å². The standard InChI is InChI=1S/C18H15ClN2O3S/c1-10(16-20-15-6-4-3-5-12(15)17(22)21-16)24-18(23)13-9-11(25-2)7-8-14(13)19/h3-10H,1-2H3,(H,20,21,22)/t10-/m1/s1. The van der Waals surface area contributed by atoms with Gasteiger partial charge in [0.15, 0.2) is 11.9 Å². The summed E-state index contributed by atoms with van der Waals surface area (Å²) in [5.74, 6) is -0.279. The van der Waals surface area contributed by atoms with Gasteiger partial charge in [-0.3, -0.25) is 4.79 Å². The third-order valence-corrected chi connectivity index (χ3v) is 4.75. The lowest BCUT2D eigenvalue weighted by Crippen LogP contribution is -2.17. The van der Waals surface area contributed by atoms with Crippen molar-refractivity contribution in [3.8, 4) is 0 Å². The van der Waals surface area contributed by atoms with E-state index in [1.165, 1.54) is 11.8 Å². The van der Waals surface area contributed by atoms with Crippen LogP contribution in [-0.2, 0) is 4.74 Å². The fraction of sp³-hybridized carbons (Fsp3) is 0.167. The minimum Gasteiger partial charge on any atom is -0.451 e. The number of aromatic nitrogens is 2. The van der Waals surface area contributed by atoms with Crippen LogP contribution in [0.1, 0.15) is 29.2 Å². The van der Waals surface area contributed by atoms with E-state index in [0.29, 0.717) is 15.9 Å². The maximum Gasteiger partial charge on any atom is 0.340 e. The fourth-order valence-corrected chi connectivity index (χ4v) is 3.00. The lowest BCUT2D eigenvalue weighted by Gasteiger charge is -2.14. The largest absolute Gasteiger partial charge is 0.451 e. The highest BCUT2D eigenvalue weighted by Crippen LogP contribution is 2.25. The van der Waals surface area contributed by atoms with Crippen LogP contribution in [0.25, 0.3) is 10.9 Å². The van der Waals surface area contributed by atoms with Crippen LogP contribution in [0.5, 0.6) is 0 Å². The summed E-state index contributed by atoms with van der Waals surface area (Å²) in [6.07, 6.45) is 1.18. The normalized spacial score (nSPS) is 12.1. The molecule has 0 aliphatic heterocycles. The predicted octanol–water partition coefficient (Wildman–Crippen LogP) is 4.22. The van der Waals surface area contributed by atoms with Crippen LogP contribution in [-0.4, -0.2) is 22.2 Å². The van der Waals surface area contributed by atoms with Crippen molar-refractivity contribution >= 4 is 40.2 Å². The molecular formula is C18H15ClN2O3S. The van der Waals surface area contributed by atoms with Gasteiger partial charge in [-0.15, -0.1) is 11.8 Å². The molecule has 1 aromatic heterocycles. The van der Waals surface area contributed by atoms with E-state index < -0.39 is 12.1 Å². The fourth-order valence-electron chi connectivity index (χ4n) is 2.36. The molecule has 0 bridgehead atoms. The number of para-hydroxylation sites is 1. The number of nitrogens with zero attached hydrogens (tertiary/aromatic N) is 1. The lowest BCUT2D eigenvalue weighted by molar-refractivity contribution is 0.0320. The summed E-state index contributed by atoms with van der Waals surface area (Å²) in [5, 5.41) is 0.801. The van der Waals surface area contributed by atoms with E-state index in [0.717, 1.165) is 4.90 Å². The number of benzene rings is 2. The zero-order valence-electron chi connectivity index (χ0n) is 13.6. The molecule has 25 heavy (non-hydrogen) atoms. The number of rotatable bonds is 4. The number of carbonyl (C=O) groups is 1. The Labute approximate surface area is 153 Å². The van der Waals surface area contributed by atoms with Crippen LogP contribution in [0.3, 0.4) is 0 Å². The third-order valence-electron chi connectivity index (χ3n) is 3.69. The highest BCUT2D eigenvalue weighted by Gasteiger charge is 2.19. The Balaban J connectivity index is 1.88. The summed E-state index contributed by atoms with van der Waals surface area (Å²) in [6, 6.07) is 12.2. The van der Waals surface area contributed by atoms with Gasteiger partial charge in [-0.1, -0.05) is 23.7 Å². The first-order valence-electron chi connectivity index (χ1n) is 7.53. The second-order valence-electron chi connectivity index (χ2n) is 5.36. The van der Waals surface area contributed by atoms with Gasteiger partial charge in [0.2, 0.25) is 0 Å². The number of carbonyl (C=O) groups excluding carboxylic acids is 1. The van der Waals surface area contributed by atoms with Crippen molar-refractivity contribution < 1.29 is 9.53 Å². The maximum absolute atomic E-state index is 12.4. The number of H-pyrrole nitrogens is 1. The van der Waals surface area contributed by atoms with Gasteiger partial charge in [0, 0.05) is 4.90 Å². The molecule has 3 rings (SSSR count). The Morgan fingerprint density at radius 3 is 2.80 bits per heavy atom. The van der Waals surface area contributed by atoms with Crippen molar-refractivity contribution in [3.63, 3.8) is 0 Å². The van der Waals surface area contributed by atoms with E-state index in [1.54, 1.807) is 43.3 Å². The number of thioether (sulfide) groups is 1. The van der Waals surface area contributed by atoms with Crippen molar-refractivity contribution in [2.75, 3.05) is 6.26 Å². The summed E-state index contributed by atoms with van der Waals surface area (Å²) < 4.78 is 5.44. The van der Waals surface area contributed by atoms with Crippen LogP contribution < -0.4 is 5.56 Å². The molecule has 0 saturated heterocycles. The quantitative estimate of drug-likeness (QED) is 0.547. The van der Waals surface area contributed by atoms with E-state index in [-0.39, 0.29) is 16.9 Å². The minimum absolute atomic E-state index is 0.272. The summed E-state index contributed by atoms with van der Waals surface area (Å²) in [7, 11) is 0. The molecule has 0 fully saturated rings. The Morgan fingerprint density at radius 1 is 1.28 bits per heavy atom. The molecule has 0 radical (unpaired) electrons. The molecule has 2 aromatic carbocycles. The van der Waals surface area contributed by atoms with Crippen molar-refractivity contribution in [3.05, 3.63) is 69.2 Å². The number of aromatic amines is 1. The smallest absolute Gasteiger partial charge is 0.340 e. The van der Waals surface area contributed by atoms with Crippen LogP contribution in [0, 0.1) is 0 Å². The topological polar surface area (TPSA) is 72.0 Å². The molecule has 128 valence electrons. The molecule has 3 aromatic rings. The Bertz CT molecular complexity index is 1000. The summed E-state index contributed by atoms with van der Waals surface area (Å²) in [5.41, 5.74) is 0.556. The van der Waals surface area contributed by atoms with Gasteiger partial charge in [0.05, 0.1) is 21.5 Å². The lowest BCUT2D eigenvalue weighted by atomic mass is 10.2. The monoisotopic (exact) mass is 374 g/mol. The van der Waals surface area contributed by atoms with Gasteiger partial charge in [-0.05, 0) is 43.5 Å². The third kappa shape index (κ3) is 3.70. The summed E-state index contributed by atoms with van der Waals surface area (Å²) >= 11 is 7.60. The van der Waals surface area contributed by atoms with Crippen molar-refractivity contribution in [2.24, 2.45) is 0 Å². The molecule has 1 heterocycles. The SMILES string of the molecule is CSc1ccc(Cl)c(C(=O)O[C@H](C)c2nc3ccccc3c(=O)[nH]2)c1. The molecule has 1 atom stereocenters. The summed E-state index contributed by atoms with van der Waals surface area (Å²) in [6.45, 7) is 1.65. The van der Waals surface area contributed by atoms with E-state index in [9.17, 15) is 9.59 Å².